The van der Waals surface area contributed by atoms with Crippen molar-refractivity contribution in [3.63, 3.8) is 0 Å². The normalized spacial score (nSPS) is 10.6. The predicted octanol–water partition coefficient (Wildman–Crippen LogP) is 3.79. The Hall–Kier alpha value is -2.87. The molecule has 0 aliphatic carbocycles. The van der Waals surface area contributed by atoms with Gasteiger partial charge in [0, 0.05) is 18.7 Å². The number of nitrogens with zero attached hydrogens (tertiary/aromatic N) is 1. The molecule has 24 heavy (non-hydrogen) atoms. The van der Waals surface area contributed by atoms with Gasteiger partial charge in [-0.3, -0.25) is 14.9 Å². The number of amides is 2. The standard InChI is InChI=1S/C16H11F2N3O2S/c1-8(22)19-10-3-5-13-14(7-10)24-16(20-13)21-15(23)11-4-2-9(17)6-12(11)18/h2-7H,1H3,(H,19,22)(H,20,21,23). The molecule has 0 spiro atoms. The number of nitrogens with one attached hydrogen (secondary N) is 2. The summed E-state index contributed by atoms with van der Waals surface area (Å²) in [4.78, 5) is 27.4. The minimum absolute atomic E-state index is 0.195. The van der Waals surface area contributed by atoms with Gasteiger partial charge in [-0.05, 0) is 30.3 Å². The third-order valence-corrected chi connectivity index (χ3v) is 4.04. The average molecular weight is 347 g/mol. The molecule has 0 saturated carbocycles. The highest BCUT2D eigenvalue weighted by molar-refractivity contribution is 7.22. The second-order valence-electron chi connectivity index (χ2n) is 4.96. The molecule has 2 amide bonds. The largest absolute Gasteiger partial charge is 0.326 e. The van der Waals surface area contributed by atoms with Crippen molar-refractivity contribution >= 4 is 44.2 Å². The molecule has 0 bridgehead atoms. The number of carbonyl (C=O) groups is 2. The fourth-order valence-electron chi connectivity index (χ4n) is 2.10. The number of rotatable bonds is 3. The average Bonchev–Trinajstić information content (AvgIpc) is 2.87. The first-order valence-corrected chi connectivity index (χ1v) is 7.68. The molecule has 3 aromatic rings. The van der Waals surface area contributed by atoms with E-state index >= 15 is 0 Å². The Morgan fingerprint density at radius 3 is 2.58 bits per heavy atom. The number of hydrogen-bond donors (Lipinski definition) is 2. The Morgan fingerprint density at radius 1 is 1.08 bits per heavy atom. The van der Waals surface area contributed by atoms with Crippen molar-refractivity contribution in [2.75, 3.05) is 10.6 Å². The van der Waals surface area contributed by atoms with Gasteiger partial charge in [-0.15, -0.1) is 0 Å². The summed E-state index contributed by atoms with van der Waals surface area (Å²) in [7, 11) is 0. The van der Waals surface area contributed by atoms with Gasteiger partial charge in [-0.1, -0.05) is 11.3 Å². The molecule has 5 nitrogen and oxygen atoms in total. The quantitative estimate of drug-likeness (QED) is 0.757. The highest BCUT2D eigenvalue weighted by Crippen LogP contribution is 2.28. The number of carbonyl (C=O) groups excluding carboxylic acids is 2. The van der Waals surface area contributed by atoms with Gasteiger partial charge in [0.05, 0.1) is 15.8 Å². The lowest BCUT2D eigenvalue weighted by molar-refractivity contribution is -0.114. The fourth-order valence-corrected chi connectivity index (χ4v) is 3.00. The molecule has 8 heteroatoms. The smallest absolute Gasteiger partial charge is 0.260 e. The molecule has 0 aliphatic heterocycles. The van der Waals surface area contributed by atoms with Gasteiger partial charge in [0.15, 0.2) is 5.13 Å². The van der Waals surface area contributed by atoms with Crippen molar-refractivity contribution in [2.45, 2.75) is 6.92 Å². The zero-order chi connectivity index (χ0) is 17.3. The Balaban J connectivity index is 1.84. The highest BCUT2D eigenvalue weighted by Gasteiger charge is 2.15. The Bertz CT molecular complexity index is 956. The predicted molar refractivity (Wildman–Crippen MR) is 88.2 cm³/mol. The molecular weight excluding hydrogens is 336 g/mol. The molecule has 0 saturated heterocycles. The summed E-state index contributed by atoms with van der Waals surface area (Å²) >= 11 is 1.18. The maximum Gasteiger partial charge on any atom is 0.260 e. The number of fused-ring (bicyclic) bond motifs is 1. The highest BCUT2D eigenvalue weighted by atomic mass is 32.1. The zero-order valence-electron chi connectivity index (χ0n) is 12.4. The summed E-state index contributed by atoms with van der Waals surface area (Å²) in [6, 6.07) is 7.84. The van der Waals surface area contributed by atoms with E-state index in [0.717, 1.165) is 16.8 Å². The molecule has 1 aromatic heterocycles. The minimum atomic E-state index is -0.943. The summed E-state index contributed by atoms with van der Waals surface area (Å²) < 4.78 is 27.3. The van der Waals surface area contributed by atoms with Crippen LogP contribution in [0.5, 0.6) is 0 Å². The van der Waals surface area contributed by atoms with E-state index in [1.807, 2.05) is 0 Å². The van der Waals surface area contributed by atoms with E-state index in [0.29, 0.717) is 17.3 Å². The van der Waals surface area contributed by atoms with E-state index in [2.05, 4.69) is 15.6 Å². The number of thiazole rings is 1. The number of anilines is 2. The van der Waals surface area contributed by atoms with Crippen LogP contribution in [-0.2, 0) is 4.79 Å². The van der Waals surface area contributed by atoms with Crippen LogP contribution in [0.1, 0.15) is 17.3 Å². The van der Waals surface area contributed by atoms with Crippen LogP contribution >= 0.6 is 11.3 Å². The lowest BCUT2D eigenvalue weighted by Crippen LogP contribution is -2.13. The molecule has 0 atom stereocenters. The molecule has 0 fully saturated rings. The fraction of sp³-hybridized carbons (Fsp3) is 0.0625. The molecule has 1 heterocycles. The van der Waals surface area contributed by atoms with Crippen LogP contribution in [0.15, 0.2) is 36.4 Å². The molecular formula is C16H11F2N3O2S. The second kappa shape index (κ2) is 6.32. The Morgan fingerprint density at radius 2 is 1.88 bits per heavy atom. The zero-order valence-corrected chi connectivity index (χ0v) is 13.2. The molecule has 0 unspecified atom stereocenters. The maximum atomic E-state index is 13.6. The van der Waals surface area contributed by atoms with E-state index in [1.165, 1.54) is 18.3 Å². The van der Waals surface area contributed by atoms with E-state index in [1.54, 1.807) is 18.2 Å². The molecule has 2 N–H and O–H groups in total. The molecule has 0 aliphatic rings. The second-order valence-corrected chi connectivity index (χ2v) is 5.99. The number of halogens is 2. The van der Waals surface area contributed by atoms with Crippen molar-refractivity contribution in [3.8, 4) is 0 Å². The van der Waals surface area contributed by atoms with E-state index < -0.39 is 17.5 Å². The summed E-state index contributed by atoms with van der Waals surface area (Å²) in [6.07, 6.45) is 0. The maximum absolute atomic E-state index is 13.6. The van der Waals surface area contributed by atoms with Crippen LogP contribution in [-0.4, -0.2) is 16.8 Å². The van der Waals surface area contributed by atoms with Gasteiger partial charge in [-0.25, -0.2) is 13.8 Å². The van der Waals surface area contributed by atoms with Crippen molar-refractivity contribution in [3.05, 3.63) is 53.6 Å². The van der Waals surface area contributed by atoms with E-state index in [-0.39, 0.29) is 16.6 Å². The van der Waals surface area contributed by atoms with Gasteiger partial charge in [0.2, 0.25) is 5.91 Å². The van der Waals surface area contributed by atoms with Crippen LogP contribution in [0.2, 0.25) is 0 Å². The van der Waals surface area contributed by atoms with E-state index in [4.69, 9.17) is 0 Å². The first kappa shape index (κ1) is 16.0. The molecule has 0 radical (unpaired) electrons. The third-order valence-electron chi connectivity index (χ3n) is 3.11. The van der Waals surface area contributed by atoms with Crippen LogP contribution in [0.25, 0.3) is 10.2 Å². The van der Waals surface area contributed by atoms with Gasteiger partial charge in [0.1, 0.15) is 11.6 Å². The number of aromatic nitrogens is 1. The van der Waals surface area contributed by atoms with Crippen molar-refractivity contribution < 1.29 is 18.4 Å². The van der Waals surface area contributed by atoms with Crippen LogP contribution in [0.3, 0.4) is 0 Å². The molecule has 2 aromatic carbocycles. The lowest BCUT2D eigenvalue weighted by Gasteiger charge is -2.02. The van der Waals surface area contributed by atoms with Gasteiger partial charge < -0.3 is 5.32 Å². The van der Waals surface area contributed by atoms with Gasteiger partial charge in [0.25, 0.3) is 5.91 Å². The Labute approximate surface area is 139 Å². The van der Waals surface area contributed by atoms with Crippen LogP contribution in [0, 0.1) is 11.6 Å². The van der Waals surface area contributed by atoms with Crippen molar-refractivity contribution in [2.24, 2.45) is 0 Å². The van der Waals surface area contributed by atoms with E-state index in [9.17, 15) is 18.4 Å². The SMILES string of the molecule is CC(=O)Nc1ccc2nc(NC(=O)c3ccc(F)cc3F)sc2c1. The topological polar surface area (TPSA) is 71.1 Å². The van der Waals surface area contributed by atoms with Gasteiger partial charge >= 0.3 is 0 Å². The molecule has 3 rings (SSSR count). The number of benzene rings is 2. The monoisotopic (exact) mass is 347 g/mol. The first-order valence-electron chi connectivity index (χ1n) is 6.87. The summed E-state index contributed by atoms with van der Waals surface area (Å²) in [6.45, 7) is 1.40. The Kier molecular flexibility index (Phi) is 4.22. The minimum Gasteiger partial charge on any atom is -0.326 e. The lowest BCUT2D eigenvalue weighted by atomic mass is 10.2. The first-order chi connectivity index (χ1) is 11.4. The third kappa shape index (κ3) is 3.38. The summed E-state index contributed by atoms with van der Waals surface area (Å²) in [5.74, 6) is -2.61. The number of hydrogen-bond acceptors (Lipinski definition) is 4. The van der Waals surface area contributed by atoms with Crippen molar-refractivity contribution in [1.82, 2.24) is 4.98 Å². The van der Waals surface area contributed by atoms with Crippen molar-refractivity contribution in [1.29, 1.82) is 0 Å². The van der Waals surface area contributed by atoms with Crippen LogP contribution < -0.4 is 10.6 Å². The van der Waals surface area contributed by atoms with Gasteiger partial charge in [-0.2, -0.15) is 0 Å². The molecule has 122 valence electrons. The van der Waals surface area contributed by atoms with Crippen LogP contribution in [0.4, 0.5) is 19.6 Å². The summed E-state index contributed by atoms with van der Waals surface area (Å²) in [5, 5.41) is 5.42. The summed E-state index contributed by atoms with van der Waals surface area (Å²) in [5.41, 5.74) is 0.972.